The van der Waals surface area contributed by atoms with E-state index in [9.17, 15) is 14.7 Å². The van der Waals surface area contributed by atoms with Gasteiger partial charge in [0.2, 0.25) is 0 Å². The van der Waals surface area contributed by atoms with Crippen LogP contribution in [0.4, 0.5) is 4.79 Å². The second-order valence-corrected chi connectivity index (χ2v) is 5.17. The van der Waals surface area contributed by atoms with E-state index in [0.717, 1.165) is 16.7 Å². The zero-order valence-corrected chi connectivity index (χ0v) is 12.4. The molecule has 0 aromatic heterocycles. The van der Waals surface area contributed by atoms with E-state index in [1.807, 2.05) is 30.3 Å². The molecule has 0 unspecified atom stereocenters. The fourth-order valence-corrected chi connectivity index (χ4v) is 2.29. The van der Waals surface area contributed by atoms with E-state index >= 15 is 0 Å². The van der Waals surface area contributed by atoms with E-state index in [1.165, 1.54) is 6.07 Å². The molecule has 2 rings (SSSR count). The van der Waals surface area contributed by atoms with Gasteiger partial charge in [0.25, 0.3) is 0 Å². The summed E-state index contributed by atoms with van der Waals surface area (Å²) in [7, 11) is 0. The molecular weight excluding hydrogens is 296 g/mol. The molecule has 1 atom stereocenters. The highest BCUT2D eigenvalue weighted by atomic mass is 16.6. The number of rotatable bonds is 5. The minimum absolute atomic E-state index is 0.132. The van der Waals surface area contributed by atoms with Gasteiger partial charge in [-0.2, -0.15) is 0 Å². The van der Waals surface area contributed by atoms with Gasteiger partial charge in [-0.05, 0) is 41.7 Å². The van der Waals surface area contributed by atoms with Gasteiger partial charge < -0.3 is 21.3 Å². The van der Waals surface area contributed by atoms with Gasteiger partial charge in [0, 0.05) is 0 Å². The van der Waals surface area contributed by atoms with Crippen LogP contribution in [0.1, 0.15) is 16.7 Å². The zero-order valence-electron chi connectivity index (χ0n) is 12.4. The Kier molecular flexibility index (Phi) is 5.32. The summed E-state index contributed by atoms with van der Waals surface area (Å²) in [5.74, 6) is -0.746. The first-order valence-corrected chi connectivity index (χ1v) is 7.07. The van der Waals surface area contributed by atoms with Crippen molar-refractivity contribution in [2.45, 2.75) is 18.9 Å². The van der Waals surface area contributed by atoms with Crippen molar-refractivity contribution in [3.8, 4) is 5.75 Å². The predicted molar refractivity (Wildman–Crippen MR) is 84.7 cm³/mol. The molecule has 2 aromatic rings. The number of hydrogen-bond acceptors (Lipinski definition) is 5. The van der Waals surface area contributed by atoms with Crippen molar-refractivity contribution in [2.75, 3.05) is 0 Å². The van der Waals surface area contributed by atoms with Crippen molar-refractivity contribution in [2.24, 2.45) is 11.5 Å². The van der Waals surface area contributed by atoms with Crippen LogP contribution in [0.25, 0.3) is 0 Å². The van der Waals surface area contributed by atoms with Crippen molar-refractivity contribution in [3.05, 3.63) is 65.2 Å². The van der Waals surface area contributed by atoms with Crippen LogP contribution in [0.5, 0.6) is 5.75 Å². The molecule has 0 aliphatic carbocycles. The average molecular weight is 314 g/mol. The van der Waals surface area contributed by atoms with Gasteiger partial charge in [-0.25, -0.2) is 9.59 Å². The molecule has 0 saturated heterocycles. The Hall–Kier alpha value is -2.86. The number of carbonyl (C=O) groups excluding carboxylic acids is 2. The maximum atomic E-state index is 11.6. The lowest BCUT2D eigenvalue weighted by Crippen LogP contribution is -2.37. The number of hydrogen-bond donors (Lipinski definition) is 3. The molecule has 0 radical (unpaired) electrons. The lowest BCUT2D eigenvalue weighted by Gasteiger charge is -2.14. The first-order chi connectivity index (χ1) is 11.0. The Bertz CT molecular complexity index is 701. The number of carbonyl (C=O) groups is 2. The predicted octanol–water partition coefficient (Wildman–Crippen LogP) is 1.47. The third-order valence-electron chi connectivity index (χ3n) is 3.37. The summed E-state index contributed by atoms with van der Waals surface area (Å²) in [5, 5.41) is 9.69. The third kappa shape index (κ3) is 4.82. The Morgan fingerprint density at radius 1 is 1.09 bits per heavy atom. The number of primary amides is 1. The second-order valence-electron chi connectivity index (χ2n) is 5.17. The summed E-state index contributed by atoms with van der Waals surface area (Å²) in [6.07, 6.45) is -0.419. The molecule has 6 nitrogen and oxygen atoms in total. The maximum Gasteiger partial charge on any atom is 0.412 e. The van der Waals surface area contributed by atoms with Gasteiger partial charge in [-0.3, -0.25) is 0 Å². The molecule has 0 aliphatic heterocycles. The highest BCUT2D eigenvalue weighted by Gasteiger charge is 2.19. The molecule has 0 heterocycles. The van der Waals surface area contributed by atoms with Crippen molar-refractivity contribution in [1.82, 2.24) is 0 Å². The normalized spacial score (nSPS) is 11.7. The van der Waals surface area contributed by atoms with Crippen molar-refractivity contribution < 1.29 is 19.4 Å². The molecule has 6 heteroatoms. The van der Waals surface area contributed by atoms with Crippen molar-refractivity contribution in [3.63, 3.8) is 0 Å². The smallest absolute Gasteiger partial charge is 0.412 e. The number of ether oxygens (including phenoxy) is 1. The maximum absolute atomic E-state index is 11.6. The van der Waals surface area contributed by atoms with E-state index in [0.29, 0.717) is 6.42 Å². The number of benzene rings is 2. The van der Waals surface area contributed by atoms with Crippen LogP contribution in [0.15, 0.2) is 48.5 Å². The molecule has 2 aromatic carbocycles. The van der Waals surface area contributed by atoms with E-state index in [-0.39, 0.29) is 12.2 Å². The topological polar surface area (TPSA) is 116 Å². The van der Waals surface area contributed by atoms with Crippen LogP contribution in [-0.2, 0) is 22.4 Å². The Labute approximate surface area is 133 Å². The van der Waals surface area contributed by atoms with Crippen molar-refractivity contribution >= 4 is 12.1 Å². The average Bonchev–Trinajstić information content (AvgIpc) is 2.50. The van der Waals surface area contributed by atoms with E-state index in [2.05, 4.69) is 4.74 Å². The molecule has 0 bridgehead atoms. The van der Waals surface area contributed by atoms with E-state index in [1.54, 1.807) is 12.1 Å². The van der Waals surface area contributed by atoms with Crippen LogP contribution >= 0.6 is 0 Å². The van der Waals surface area contributed by atoms with Gasteiger partial charge in [0.1, 0.15) is 11.8 Å². The lowest BCUT2D eigenvalue weighted by atomic mass is 9.95. The Morgan fingerprint density at radius 2 is 1.78 bits per heavy atom. The van der Waals surface area contributed by atoms with E-state index in [4.69, 9.17) is 11.5 Å². The SMILES string of the molecule is NC(=O)OC(=O)[C@@H](N)Cc1ccc(O)cc1Cc1ccccc1. The number of nitrogens with two attached hydrogens (primary N) is 2. The standard InChI is InChI=1S/C17H18N2O4/c18-15(16(21)23-17(19)22)10-12-6-7-14(20)9-13(12)8-11-4-2-1-3-5-11/h1-7,9,15,20H,8,10,18H2,(H2,19,22)/t15-/m0/s1. The molecule has 0 fully saturated rings. The minimum Gasteiger partial charge on any atom is -0.508 e. The molecule has 120 valence electrons. The molecule has 5 N–H and O–H groups in total. The van der Waals surface area contributed by atoms with Crippen LogP contribution in [-0.4, -0.2) is 23.2 Å². The monoisotopic (exact) mass is 314 g/mol. The van der Waals surface area contributed by atoms with E-state index < -0.39 is 18.1 Å². The van der Waals surface area contributed by atoms with Crippen LogP contribution in [0, 0.1) is 0 Å². The van der Waals surface area contributed by atoms with Gasteiger partial charge in [-0.15, -0.1) is 0 Å². The molecular formula is C17H18N2O4. The summed E-state index contributed by atoms with van der Waals surface area (Å²) in [6.45, 7) is 0. The molecule has 0 saturated carbocycles. The Morgan fingerprint density at radius 3 is 2.43 bits per heavy atom. The fraction of sp³-hybridized carbons (Fsp3) is 0.176. The summed E-state index contributed by atoms with van der Waals surface area (Å²) >= 11 is 0. The van der Waals surface area contributed by atoms with Gasteiger partial charge in [0.15, 0.2) is 0 Å². The first kappa shape index (κ1) is 16.5. The lowest BCUT2D eigenvalue weighted by molar-refractivity contribution is -0.138. The number of esters is 1. The van der Waals surface area contributed by atoms with Gasteiger partial charge >= 0.3 is 12.1 Å². The number of phenols is 1. The summed E-state index contributed by atoms with van der Waals surface area (Å²) < 4.78 is 4.29. The Balaban J connectivity index is 2.18. The van der Waals surface area contributed by atoms with Crippen LogP contribution in [0.3, 0.4) is 0 Å². The van der Waals surface area contributed by atoms with Crippen molar-refractivity contribution in [1.29, 1.82) is 0 Å². The molecule has 23 heavy (non-hydrogen) atoms. The zero-order chi connectivity index (χ0) is 16.8. The molecule has 1 amide bonds. The van der Waals surface area contributed by atoms with Gasteiger partial charge in [-0.1, -0.05) is 36.4 Å². The van der Waals surface area contributed by atoms with Gasteiger partial charge in [0.05, 0.1) is 0 Å². The highest BCUT2D eigenvalue weighted by molar-refractivity contribution is 5.87. The minimum atomic E-state index is -1.18. The second kappa shape index (κ2) is 7.42. The summed E-state index contributed by atoms with van der Waals surface area (Å²) in [6, 6.07) is 13.5. The summed E-state index contributed by atoms with van der Waals surface area (Å²) in [5.41, 5.74) is 13.3. The number of phenolic OH excluding ortho intramolecular Hbond substituents is 1. The molecule has 0 aliphatic rings. The largest absolute Gasteiger partial charge is 0.508 e. The quantitative estimate of drug-likeness (QED) is 0.571. The first-order valence-electron chi connectivity index (χ1n) is 7.07. The summed E-state index contributed by atoms with van der Waals surface area (Å²) in [4.78, 5) is 22.2. The highest BCUT2D eigenvalue weighted by Crippen LogP contribution is 2.21. The van der Waals surface area contributed by atoms with Crippen LogP contribution < -0.4 is 11.5 Å². The number of amides is 1. The fourth-order valence-electron chi connectivity index (χ4n) is 2.29. The molecule has 0 spiro atoms. The third-order valence-corrected chi connectivity index (χ3v) is 3.37. The number of aromatic hydroxyl groups is 1. The van der Waals surface area contributed by atoms with Crippen LogP contribution in [0.2, 0.25) is 0 Å².